The highest BCUT2D eigenvalue weighted by Gasteiger charge is 2.19. The van der Waals surface area contributed by atoms with Gasteiger partial charge in [0, 0.05) is 42.8 Å². The van der Waals surface area contributed by atoms with Gasteiger partial charge in [0.25, 0.3) is 11.6 Å². The Bertz CT molecular complexity index is 1440. The maximum Gasteiger partial charge on any atom is 0.270 e. The van der Waals surface area contributed by atoms with Crippen LogP contribution in [-0.2, 0) is 12.8 Å². The van der Waals surface area contributed by atoms with Crippen LogP contribution in [0.1, 0.15) is 21.8 Å². The highest BCUT2D eigenvalue weighted by Crippen LogP contribution is 2.28. The van der Waals surface area contributed by atoms with Gasteiger partial charge in [0.1, 0.15) is 5.82 Å². The van der Waals surface area contributed by atoms with E-state index in [-0.39, 0.29) is 41.8 Å². The number of amides is 1. The lowest BCUT2D eigenvalue weighted by molar-refractivity contribution is -0.384. The van der Waals surface area contributed by atoms with Crippen molar-refractivity contribution in [1.29, 1.82) is 0 Å². The molecule has 38 heavy (non-hydrogen) atoms. The molecular weight excluding hydrogens is 495 g/mol. The molecule has 11 heteroatoms. The van der Waals surface area contributed by atoms with Gasteiger partial charge in [-0.05, 0) is 42.3 Å². The van der Waals surface area contributed by atoms with Crippen LogP contribution in [0, 0.1) is 15.9 Å². The van der Waals surface area contributed by atoms with E-state index in [0.717, 1.165) is 5.56 Å². The summed E-state index contributed by atoms with van der Waals surface area (Å²) in [6, 6.07) is 16.9. The third-order valence-electron chi connectivity index (χ3n) is 5.86. The van der Waals surface area contributed by atoms with E-state index in [0.29, 0.717) is 30.0 Å². The molecule has 0 bridgehead atoms. The number of nitrogens with zero attached hydrogens (tertiary/aromatic N) is 4. The lowest BCUT2D eigenvalue weighted by Gasteiger charge is -2.22. The maximum absolute atomic E-state index is 13.8. The minimum absolute atomic E-state index is 0.0872. The smallest absolute Gasteiger partial charge is 0.270 e. The number of nitro benzene ring substituents is 1. The zero-order valence-corrected chi connectivity index (χ0v) is 20.8. The van der Waals surface area contributed by atoms with Gasteiger partial charge in [0.2, 0.25) is 11.7 Å². The Balaban J connectivity index is 1.50. The van der Waals surface area contributed by atoms with Crippen LogP contribution in [-0.4, -0.2) is 53.2 Å². The number of non-ortho nitro benzene ring substituents is 1. The number of halogens is 1. The fraction of sp³-hybridized carbons (Fsp3) is 0.222. The number of hydrogen-bond acceptors (Lipinski definition) is 8. The van der Waals surface area contributed by atoms with Crippen molar-refractivity contribution in [3.05, 3.63) is 99.7 Å². The Morgan fingerprint density at radius 2 is 1.76 bits per heavy atom. The molecule has 1 aromatic heterocycles. The molecule has 0 fully saturated rings. The Labute approximate surface area is 217 Å². The lowest BCUT2D eigenvalue weighted by atomic mass is 10.1. The van der Waals surface area contributed by atoms with Crippen LogP contribution in [0.15, 0.2) is 71.3 Å². The van der Waals surface area contributed by atoms with Crippen LogP contribution in [0.4, 0.5) is 10.1 Å². The summed E-state index contributed by atoms with van der Waals surface area (Å²) in [5.41, 5.74) is 1.50. The van der Waals surface area contributed by atoms with E-state index < -0.39 is 10.7 Å². The molecule has 0 aliphatic rings. The number of carbonyl (C=O) groups excluding carboxylic acids is 1. The summed E-state index contributed by atoms with van der Waals surface area (Å²) in [7, 11) is 3.10. The molecule has 0 aliphatic heterocycles. The first-order chi connectivity index (χ1) is 18.4. The number of nitro groups is 1. The van der Waals surface area contributed by atoms with Crippen molar-refractivity contribution in [2.24, 2.45) is 0 Å². The zero-order chi connectivity index (χ0) is 27.1. The minimum atomic E-state index is -0.505. The molecule has 1 amide bonds. The molecule has 0 atom stereocenters. The summed E-state index contributed by atoms with van der Waals surface area (Å²) in [5, 5.41) is 15.0. The Morgan fingerprint density at radius 3 is 2.50 bits per heavy atom. The second-order valence-electron chi connectivity index (χ2n) is 8.31. The van der Waals surface area contributed by atoms with Gasteiger partial charge in [0.05, 0.1) is 19.1 Å². The molecule has 0 aliphatic carbocycles. The second kappa shape index (κ2) is 12.0. The normalized spacial score (nSPS) is 10.7. The lowest BCUT2D eigenvalue weighted by Crippen LogP contribution is -2.35. The highest BCUT2D eigenvalue weighted by molar-refractivity contribution is 5.94. The van der Waals surface area contributed by atoms with Crippen molar-refractivity contribution in [3.8, 4) is 22.9 Å². The number of methoxy groups -OCH3 is 2. The fourth-order valence-corrected chi connectivity index (χ4v) is 3.88. The van der Waals surface area contributed by atoms with Crippen molar-refractivity contribution in [3.63, 3.8) is 0 Å². The largest absolute Gasteiger partial charge is 0.493 e. The molecule has 10 nitrogen and oxygen atoms in total. The topological polar surface area (TPSA) is 121 Å². The number of carbonyl (C=O) groups is 1. The van der Waals surface area contributed by atoms with Crippen LogP contribution in [0.2, 0.25) is 0 Å². The molecule has 4 rings (SSSR count). The van der Waals surface area contributed by atoms with Gasteiger partial charge in [-0.1, -0.05) is 29.4 Å². The first-order valence-corrected chi connectivity index (χ1v) is 11.7. The molecule has 0 N–H and O–H groups in total. The van der Waals surface area contributed by atoms with Crippen LogP contribution < -0.4 is 9.47 Å². The van der Waals surface area contributed by atoms with Gasteiger partial charge in [-0.15, -0.1) is 0 Å². The number of aromatic nitrogens is 2. The third-order valence-corrected chi connectivity index (χ3v) is 5.86. The molecule has 3 aromatic carbocycles. The predicted octanol–water partition coefficient (Wildman–Crippen LogP) is 4.73. The zero-order valence-electron chi connectivity index (χ0n) is 20.8. The fourth-order valence-electron chi connectivity index (χ4n) is 3.88. The third kappa shape index (κ3) is 6.30. The monoisotopic (exact) mass is 520 g/mol. The molecule has 4 aromatic rings. The van der Waals surface area contributed by atoms with Crippen molar-refractivity contribution >= 4 is 11.6 Å². The number of hydrogen-bond donors (Lipinski definition) is 0. The SMILES string of the molecule is COc1ccc(CCN(CCc2nc(-c3cccc([N+](=O)[O-])c3)no2)C(=O)c2cccc(F)c2)cc1OC. The van der Waals surface area contributed by atoms with Gasteiger partial charge in [-0.3, -0.25) is 14.9 Å². The predicted molar refractivity (Wildman–Crippen MR) is 136 cm³/mol. The van der Waals surface area contributed by atoms with Gasteiger partial charge >= 0.3 is 0 Å². The minimum Gasteiger partial charge on any atom is -0.493 e. The Kier molecular flexibility index (Phi) is 8.27. The van der Waals surface area contributed by atoms with Crippen LogP contribution >= 0.6 is 0 Å². The molecule has 1 heterocycles. The second-order valence-corrected chi connectivity index (χ2v) is 8.31. The standard InChI is InChI=1S/C27H25FN4O6/c1-36-23-10-9-18(15-24(23)37-2)11-13-31(27(33)20-6-3-7-21(28)16-20)14-12-25-29-26(30-38-25)19-5-4-8-22(17-19)32(34)35/h3-10,15-17H,11-14H2,1-2H3. The first kappa shape index (κ1) is 26.3. The van der Waals surface area contributed by atoms with Gasteiger partial charge < -0.3 is 18.9 Å². The summed E-state index contributed by atoms with van der Waals surface area (Å²) in [4.78, 5) is 29.8. The van der Waals surface area contributed by atoms with Gasteiger partial charge in [-0.25, -0.2) is 4.39 Å². The summed E-state index contributed by atoms with van der Waals surface area (Å²) in [6.07, 6.45) is 0.735. The van der Waals surface area contributed by atoms with Crippen LogP contribution in [0.25, 0.3) is 11.4 Å². The summed E-state index contributed by atoms with van der Waals surface area (Å²) >= 11 is 0. The number of ether oxygens (including phenoxy) is 2. The molecule has 0 saturated heterocycles. The van der Waals surface area contributed by atoms with Crippen molar-refractivity contribution in [1.82, 2.24) is 15.0 Å². The number of rotatable bonds is 11. The maximum atomic E-state index is 13.8. The van der Waals surface area contributed by atoms with E-state index in [9.17, 15) is 19.3 Å². The van der Waals surface area contributed by atoms with Crippen molar-refractivity contribution in [2.75, 3.05) is 27.3 Å². The molecule has 0 saturated carbocycles. The summed E-state index contributed by atoms with van der Waals surface area (Å²) in [6.45, 7) is 0.551. The summed E-state index contributed by atoms with van der Waals surface area (Å²) in [5.74, 6) is 0.789. The van der Waals surface area contributed by atoms with E-state index >= 15 is 0 Å². The number of benzene rings is 3. The van der Waals surface area contributed by atoms with Crippen LogP contribution in [0.5, 0.6) is 11.5 Å². The molecule has 0 spiro atoms. The van der Waals surface area contributed by atoms with E-state index in [4.69, 9.17) is 14.0 Å². The Morgan fingerprint density at radius 1 is 1.00 bits per heavy atom. The summed E-state index contributed by atoms with van der Waals surface area (Å²) < 4.78 is 29.8. The molecule has 0 radical (unpaired) electrons. The van der Waals surface area contributed by atoms with Gasteiger partial charge in [0.15, 0.2) is 11.5 Å². The van der Waals surface area contributed by atoms with Crippen molar-refractivity contribution in [2.45, 2.75) is 12.8 Å². The first-order valence-electron chi connectivity index (χ1n) is 11.7. The molecule has 0 unspecified atom stereocenters. The molecular formula is C27H25FN4O6. The Hall–Kier alpha value is -4.80. The van der Waals surface area contributed by atoms with E-state index in [2.05, 4.69) is 10.1 Å². The van der Waals surface area contributed by atoms with E-state index in [1.807, 2.05) is 12.1 Å². The van der Waals surface area contributed by atoms with Gasteiger partial charge in [-0.2, -0.15) is 4.98 Å². The van der Waals surface area contributed by atoms with E-state index in [1.165, 1.54) is 36.4 Å². The quantitative estimate of drug-likeness (QED) is 0.206. The highest BCUT2D eigenvalue weighted by atomic mass is 19.1. The van der Waals surface area contributed by atoms with Crippen LogP contribution in [0.3, 0.4) is 0 Å². The van der Waals surface area contributed by atoms with Crippen molar-refractivity contribution < 1.29 is 28.1 Å². The van der Waals surface area contributed by atoms with E-state index in [1.54, 1.807) is 37.3 Å². The molecule has 196 valence electrons. The average Bonchev–Trinajstić information content (AvgIpc) is 3.41. The average molecular weight is 521 g/mol.